The van der Waals surface area contributed by atoms with Gasteiger partial charge < -0.3 is 0 Å². The molecule has 1 unspecified atom stereocenters. The van der Waals surface area contributed by atoms with Gasteiger partial charge in [-0.15, -0.1) is 0 Å². The highest BCUT2D eigenvalue weighted by atomic mass is 28.3. The molecule has 0 rings (SSSR count). The second-order valence-corrected chi connectivity index (χ2v) is 10.5. The zero-order valence-electron chi connectivity index (χ0n) is 9.99. The molecular formula is C11H26Si. The highest BCUT2D eigenvalue weighted by molar-refractivity contribution is 6.60. The summed E-state index contributed by atoms with van der Waals surface area (Å²) in [5, 5.41) is 0.616. The smallest absolute Gasteiger partial charge is 0.0392 e. The molecule has 0 aliphatic heterocycles. The van der Waals surface area contributed by atoms with Crippen LogP contribution in [-0.4, -0.2) is 8.80 Å². The van der Waals surface area contributed by atoms with Gasteiger partial charge >= 0.3 is 0 Å². The van der Waals surface area contributed by atoms with Gasteiger partial charge in [0, 0.05) is 8.80 Å². The molecule has 0 saturated carbocycles. The van der Waals surface area contributed by atoms with E-state index in [4.69, 9.17) is 0 Å². The molecule has 0 fully saturated rings. The Morgan fingerprint density at radius 2 is 1.33 bits per heavy atom. The summed E-state index contributed by atoms with van der Waals surface area (Å²) < 4.78 is 0. The summed E-state index contributed by atoms with van der Waals surface area (Å²) in [6.45, 7) is 16.7. The van der Waals surface area contributed by atoms with Gasteiger partial charge in [-0.05, 0) is 10.5 Å². The predicted molar refractivity (Wildman–Crippen MR) is 61.6 cm³/mol. The highest BCUT2D eigenvalue weighted by Gasteiger charge is 2.23. The molecule has 0 aromatic rings. The van der Waals surface area contributed by atoms with Crippen molar-refractivity contribution >= 4 is 8.80 Å². The van der Waals surface area contributed by atoms with Crippen molar-refractivity contribution in [2.24, 2.45) is 5.41 Å². The minimum absolute atomic E-state index is 0.490. The molecule has 0 aromatic carbocycles. The zero-order valence-corrected chi connectivity index (χ0v) is 11.1. The van der Waals surface area contributed by atoms with Crippen LogP contribution in [0.15, 0.2) is 0 Å². The maximum absolute atomic E-state index is 2.51. The average molecular weight is 186 g/mol. The van der Waals surface area contributed by atoms with Crippen molar-refractivity contribution < 1.29 is 0 Å². The van der Waals surface area contributed by atoms with Crippen LogP contribution in [0.5, 0.6) is 0 Å². The normalized spacial score (nSPS) is 16.2. The van der Waals surface area contributed by atoms with Gasteiger partial charge in [0.1, 0.15) is 0 Å². The van der Waals surface area contributed by atoms with Crippen LogP contribution in [0, 0.1) is 5.41 Å². The van der Waals surface area contributed by atoms with Crippen LogP contribution in [0.25, 0.3) is 0 Å². The van der Waals surface area contributed by atoms with E-state index in [1.54, 1.807) is 0 Å². The minimum Gasteiger partial charge on any atom is -0.0716 e. The van der Waals surface area contributed by atoms with Gasteiger partial charge in [0.05, 0.1) is 0 Å². The molecule has 12 heavy (non-hydrogen) atoms. The number of rotatable bonds is 2. The molecule has 0 aliphatic rings. The van der Waals surface area contributed by atoms with Crippen LogP contribution in [0.2, 0.25) is 17.6 Å². The van der Waals surface area contributed by atoms with Gasteiger partial charge in [0.15, 0.2) is 0 Å². The second-order valence-electron chi connectivity index (χ2n) is 6.37. The largest absolute Gasteiger partial charge is 0.0716 e. The molecule has 0 aliphatic carbocycles. The molecule has 0 N–H and O–H groups in total. The molecule has 74 valence electrons. The van der Waals surface area contributed by atoms with Crippen LogP contribution in [0.3, 0.4) is 0 Å². The van der Waals surface area contributed by atoms with Gasteiger partial charge in [-0.25, -0.2) is 0 Å². The predicted octanol–water partition coefficient (Wildman–Crippen LogP) is 4.08. The Labute approximate surface area is 80.4 Å². The van der Waals surface area contributed by atoms with E-state index in [-0.39, 0.29) is 0 Å². The SMILES string of the molecule is C[SiH](CCC(C)(C)C)C(C)(C)C. The van der Waals surface area contributed by atoms with Crippen molar-refractivity contribution in [3.8, 4) is 0 Å². The molecule has 1 atom stereocenters. The topological polar surface area (TPSA) is 0 Å². The molecule has 0 amide bonds. The average Bonchev–Trinajstić information content (AvgIpc) is 1.78. The Morgan fingerprint density at radius 1 is 0.917 bits per heavy atom. The Balaban J connectivity index is 3.80. The first kappa shape index (κ1) is 12.2. The summed E-state index contributed by atoms with van der Waals surface area (Å²) in [6.07, 6.45) is 1.40. The summed E-state index contributed by atoms with van der Waals surface area (Å²) in [6, 6.07) is 1.49. The number of hydrogen-bond acceptors (Lipinski definition) is 0. The van der Waals surface area contributed by atoms with Crippen molar-refractivity contribution in [3.05, 3.63) is 0 Å². The van der Waals surface area contributed by atoms with E-state index in [0.717, 1.165) is 0 Å². The first-order valence-electron chi connectivity index (χ1n) is 5.13. The van der Waals surface area contributed by atoms with Crippen molar-refractivity contribution in [3.63, 3.8) is 0 Å². The Kier molecular flexibility index (Phi) is 4.02. The maximum Gasteiger partial charge on any atom is 0.0392 e. The fourth-order valence-electron chi connectivity index (χ4n) is 1.08. The molecule has 0 nitrogen and oxygen atoms in total. The molecule has 0 bridgehead atoms. The van der Waals surface area contributed by atoms with Crippen LogP contribution in [-0.2, 0) is 0 Å². The summed E-state index contributed by atoms with van der Waals surface area (Å²) in [4.78, 5) is 0. The number of hydrogen-bond donors (Lipinski definition) is 0. The lowest BCUT2D eigenvalue weighted by atomic mass is 9.94. The maximum atomic E-state index is 2.51. The highest BCUT2D eigenvalue weighted by Crippen LogP contribution is 2.32. The molecule has 0 radical (unpaired) electrons. The third kappa shape index (κ3) is 5.82. The lowest BCUT2D eigenvalue weighted by Gasteiger charge is -2.28. The van der Waals surface area contributed by atoms with Gasteiger partial charge in [0.2, 0.25) is 0 Å². The lowest BCUT2D eigenvalue weighted by Crippen LogP contribution is -2.23. The van der Waals surface area contributed by atoms with E-state index in [0.29, 0.717) is 10.5 Å². The van der Waals surface area contributed by atoms with E-state index in [2.05, 4.69) is 48.1 Å². The van der Waals surface area contributed by atoms with E-state index in [1.807, 2.05) is 0 Å². The van der Waals surface area contributed by atoms with E-state index in [1.165, 1.54) is 12.5 Å². The van der Waals surface area contributed by atoms with Gasteiger partial charge in [-0.1, -0.05) is 60.6 Å². The van der Waals surface area contributed by atoms with Crippen molar-refractivity contribution in [2.45, 2.75) is 65.6 Å². The third-order valence-electron chi connectivity index (χ3n) is 2.81. The first-order chi connectivity index (χ1) is 5.13. The van der Waals surface area contributed by atoms with Gasteiger partial charge in [0.25, 0.3) is 0 Å². The second kappa shape index (κ2) is 3.95. The summed E-state index contributed by atoms with van der Waals surface area (Å²) in [5.41, 5.74) is 0.534. The fourth-order valence-corrected chi connectivity index (χ4v) is 3.25. The van der Waals surface area contributed by atoms with Gasteiger partial charge in [-0.2, -0.15) is 0 Å². The minimum atomic E-state index is -0.490. The molecule has 0 saturated heterocycles. The zero-order chi connectivity index (χ0) is 9.99. The standard InChI is InChI=1S/C11H26Si/c1-10(2,3)8-9-12(7)11(4,5)6/h12H,8-9H2,1-7H3. The summed E-state index contributed by atoms with van der Waals surface area (Å²) in [5.74, 6) is 0. The van der Waals surface area contributed by atoms with Crippen molar-refractivity contribution in [2.75, 3.05) is 0 Å². The van der Waals surface area contributed by atoms with Crippen LogP contribution in [0.4, 0.5) is 0 Å². The fraction of sp³-hybridized carbons (Fsp3) is 1.00. The van der Waals surface area contributed by atoms with E-state index in [9.17, 15) is 0 Å². The molecule has 0 aromatic heterocycles. The summed E-state index contributed by atoms with van der Waals surface area (Å²) in [7, 11) is -0.490. The Morgan fingerprint density at radius 3 is 1.58 bits per heavy atom. The van der Waals surface area contributed by atoms with Crippen LogP contribution in [0.1, 0.15) is 48.0 Å². The van der Waals surface area contributed by atoms with Crippen LogP contribution < -0.4 is 0 Å². The van der Waals surface area contributed by atoms with Crippen molar-refractivity contribution in [1.29, 1.82) is 0 Å². The van der Waals surface area contributed by atoms with Gasteiger partial charge in [-0.3, -0.25) is 0 Å². The molecule has 0 spiro atoms. The monoisotopic (exact) mass is 186 g/mol. The van der Waals surface area contributed by atoms with Crippen molar-refractivity contribution in [1.82, 2.24) is 0 Å². The lowest BCUT2D eigenvalue weighted by molar-refractivity contribution is 0.395. The molecule has 0 heterocycles. The third-order valence-corrected chi connectivity index (χ3v) is 6.92. The Hall–Kier alpha value is 0.217. The first-order valence-corrected chi connectivity index (χ1v) is 7.68. The van der Waals surface area contributed by atoms with E-state index < -0.39 is 8.80 Å². The summed E-state index contributed by atoms with van der Waals surface area (Å²) >= 11 is 0. The molecular weight excluding hydrogens is 160 g/mol. The quantitative estimate of drug-likeness (QED) is 0.570. The molecule has 1 heteroatoms. The Bertz CT molecular complexity index is 125. The van der Waals surface area contributed by atoms with Crippen LogP contribution >= 0.6 is 0 Å². The van der Waals surface area contributed by atoms with E-state index >= 15 is 0 Å².